The maximum atomic E-state index is 6.18. The second-order valence-corrected chi connectivity index (χ2v) is 5.34. The van der Waals surface area contributed by atoms with Crippen molar-refractivity contribution in [1.82, 2.24) is 0 Å². The van der Waals surface area contributed by atoms with E-state index in [4.69, 9.17) is 16.0 Å². The average Bonchev–Trinajstić information content (AvgIpc) is 2.79. The van der Waals surface area contributed by atoms with Crippen LogP contribution in [-0.4, -0.2) is 0 Å². The number of hydrogen-bond donors (Lipinski definition) is 1. The summed E-state index contributed by atoms with van der Waals surface area (Å²) in [6.45, 7) is 4.17. The van der Waals surface area contributed by atoms with Crippen molar-refractivity contribution in [2.24, 2.45) is 0 Å². The molecule has 0 saturated heterocycles. The van der Waals surface area contributed by atoms with Crippen molar-refractivity contribution in [2.75, 3.05) is 5.32 Å². The number of hydrogen-bond acceptors (Lipinski definition) is 2. The molecule has 0 aliphatic rings. The zero-order valence-electron chi connectivity index (χ0n) is 11.5. The maximum absolute atomic E-state index is 6.18. The van der Waals surface area contributed by atoms with E-state index in [2.05, 4.69) is 25.2 Å². The van der Waals surface area contributed by atoms with E-state index in [1.54, 1.807) is 0 Å². The van der Waals surface area contributed by atoms with Crippen LogP contribution in [0, 0.1) is 6.92 Å². The molecule has 20 heavy (non-hydrogen) atoms. The minimum absolute atomic E-state index is 0.0577. The Morgan fingerprint density at radius 2 is 1.75 bits per heavy atom. The summed E-state index contributed by atoms with van der Waals surface area (Å²) in [4.78, 5) is 0. The highest BCUT2D eigenvalue weighted by Gasteiger charge is 2.16. The summed E-state index contributed by atoms with van der Waals surface area (Å²) in [6.07, 6.45) is 0. The number of aryl methyl sites for hydroxylation is 1. The average molecular weight is 286 g/mol. The van der Waals surface area contributed by atoms with Crippen molar-refractivity contribution in [1.29, 1.82) is 0 Å². The van der Waals surface area contributed by atoms with Crippen LogP contribution in [0.25, 0.3) is 11.0 Å². The molecule has 0 amide bonds. The number of anilines is 1. The first-order chi connectivity index (χ1) is 9.66. The van der Waals surface area contributed by atoms with E-state index in [0.717, 1.165) is 22.4 Å². The van der Waals surface area contributed by atoms with Crippen LogP contribution in [0.3, 0.4) is 0 Å². The summed E-state index contributed by atoms with van der Waals surface area (Å²) in [5.41, 5.74) is 3.02. The normalized spacial score (nSPS) is 12.6. The topological polar surface area (TPSA) is 25.2 Å². The minimum atomic E-state index is 0.0577. The lowest BCUT2D eigenvalue weighted by Crippen LogP contribution is -2.07. The van der Waals surface area contributed by atoms with Crippen molar-refractivity contribution in [3.8, 4) is 0 Å². The van der Waals surface area contributed by atoms with Gasteiger partial charge >= 0.3 is 0 Å². The van der Waals surface area contributed by atoms with Gasteiger partial charge < -0.3 is 9.73 Å². The van der Waals surface area contributed by atoms with Gasteiger partial charge in [0.1, 0.15) is 11.3 Å². The number of rotatable bonds is 3. The number of fused-ring (bicyclic) bond motifs is 1. The molecule has 0 spiro atoms. The Morgan fingerprint density at radius 1 is 1.05 bits per heavy atom. The molecule has 3 aromatic rings. The van der Waals surface area contributed by atoms with E-state index in [1.807, 2.05) is 42.5 Å². The monoisotopic (exact) mass is 285 g/mol. The zero-order valence-corrected chi connectivity index (χ0v) is 12.2. The largest absolute Gasteiger partial charge is 0.459 e. The lowest BCUT2D eigenvalue weighted by molar-refractivity contribution is 0.522. The second-order valence-electron chi connectivity index (χ2n) is 4.93. The number of benzene rings is 2. The molecule has 1 heterocycles. The summed E-state index contributed by atoms with van der Waals surface area (Å²) >= 11 is 6.18. The van der Waals surface area contributed by atoms with Crippen LogP contribution < -0.4 is 5.32 Å². The standard InChI is InChI=1S/C17H16ClNO/c1-11-13-7-3-6-10-16(13)20-17(11)12(2)19-15-9-5-4-8-14(15)18/h3-10,12,19H,1-2H3. The van der Waals surface area contributed by atoms with Crippen LogP contribution in [0.4, 0.5) is 5.69 Å². The van der Waals surface area contributed by atoms with Gasteiger partial charge in [-0.25, -0.2) is 0 Å². The van der Waals surface area contributed by atoms with Crippen LogP contribution in [0.2, 0.25) is 5.02 Å². The molecule has 2 nitrogen and oxygen atoms in total. The molecule has 0 aliphatic heterocycles. The summed E-state index contributed by atoms with van der Waals surface area (Å²) < 4.78 is 5.97. The van der Waals surface area contributed by atoms with Gasteiger partial charge in [-0.3, -0.25) is 0 Å². The smallest absolute Gasteiger partial charge is 0.134 e. The molecule has 1 atom stereocenters. The number of nitrogens with one attached hydrogen (secondary N) is 1. The molecule has 3 rings (SSSR count). The SMILES string of the molecule is Cc1c(C(C)Nc2ccccc2Cl)oc2ccccc12. The van der Waals surface area contributed by atoms with Gasteiger partial charge in [-0.1, -0.05) is 41.9 Å². The van der Waals surface area contributed by atoms with E-state index in [-0.39, 0.29) is 6.04 Å². The van der Waals surface area contributed by atoms with E-state index in [0.29, 0.717) is 5.02 Å². The van der Waals surface area contributed by atoms with Crippen LogP contribution in [-0.2, 0) is 0 Å². The number of furan rings is 1. The highest BCUT2D eigenvalue weighted by Crippen LogP contribution is 2.32. The third kappa shape index (κ3) is 2.27. The fraction of sp³-hybridized carbons (Fsp3) is 0.176. The van der Waals surface area contributed by atoms with Gasteiger partial charge in [-0.2, -0.15) is 0 Å². The van der Waals surface area contributed by atoms with Gasteiger partial charge in [0.2, 0.25) is 0 Å². The molecule has 0 bridgehead atoms. The van der Waals surface area contributed by atoms with Crippen molar-refractivity contribution in [3.63, 3.8) is 0 Å². The predicted octanol–water partition coefficient (Wildman–Crippen LogP) is 5.57. The summed E-state index contributed by atoms with van der Waals surface area (Å²) in [5.74, 6) is 0.950. The summed E-state index contributed by atoms with van der Waals surface area (Å²) in [7, 11) is 0. The predicted molar refractivity (Wildman–Crippen MR) is 84.4 cm³/mol. The zero-order chi connectivity index (χ0) is 14.1. The lowest BCUT2D eigenvalue weighted by Gasteiger charge is -2.15. The maximum Gasteiger partial charge on any atom is 0.134 e. The first-order valence-corrected chi connectivity index (χ1v) is 7.03. The van der Waals surface area contributed by atoms with E-state index in [9.17, 15) is 0 Å². The van der Waals surface area contributed by atoms with Crippen molar-refractivity contribution >= 4 is 28.3 Å². The first kappa shape index (κ1) is 13.1. The van der Waals surface area contributed by atoms with Crippen molar-refractivity contribution < 1.29 is 4.42 Å². The van der Waals surface area contributed by atoms with E-state index < -0.39 is 0 Å². The lowest BCUT2D eigenvalue weighted by atomic mass is 10.1. The Kier molecular flexibility index (Phi) is 3.41. The Bertz CT molecular complexity index is 748. The fourth-order valence-electron chi connectivity index (χ4n) is 2.48. The van der Waals surface area contributed by atoms with Gasteiger partial charge in [-0.15, -0.1) is 0 Å². The fourth-order valence-corrected chi connectivity index (χ4v) is 2.67. The van der Waals surface area contributed by atoms with E-state index >= 15 is 0 Å². The molecule has 3 heteroatoms. The van der Waals surface area contributed by atoms with Gasteiger partial charge in [0, 0.05) is 10.9 Å². The Hall–Kier alpha value is -1.93. The third-order valence-corrected chi connectivity index (χ3v) is 3.85. The molecular weight excluding hydrogens is 270 g/mol. The van der Waals surface area contributed by atoms with Gasteiger partial charge in [0.05, 0.1) is 16.8 Å². The highest BCUT2D eigenvalue weighted by molar-refractivity contribution is 6.33. The molecule has 0 radical (unpaired) electrons. The van der Waals surface area contributed by atoms with Gasteiger partial charge in [0.25, 0.3) is 0 Å². The Morgan fingerprint density at radius 3 is 2.50 bits per heavy atom. The molecule has 0 aliphatic carbocycles. The van der Waals surface area contributed by atoms with Crippen LogP contribution >= 0.6 is 11.6 Å². The third-order valence-electron chi connectivity index (χ3n) is 3.52. The Balaban J connectivity index is 1.95. The van der Waals surface area contributed by atoms with Gasteiger partial charge in [-0.05, 0) is 32.0 Å². The molecule has 1 N–H and O–H groups in total. The number of halogens is 1. The molecule has 2 aromatic carbocycles. The second kappa shape index (κ2) is 5.22. The highest BCUT2D eigenvalue weighted by atomic mass is 35.5. The van der Waals surface area contributed by atoms with Crippen molar-refractivity contribution in [3.05, 3.63) is 64.9 Å². The molecular formula is C17H16ClNO. The van der Waals surface area contributed by atoms with Crippen LogP contribution in [0.15, 0.2) is 52.9 Å². The molecule has 1 unspecified atom stereocenters. The van der Waals surface area contributed by atoms with E-state index in [1.165, 1.54) is 5.56 Å². The van der Waals surface area contributed by atoms with Gasteiger partial charge in [0.15, 0.2) is 0 Å². The molecule has 0 saturated carbocycles. The molecule has 102 valence electrons. The Labute approximate surface area is 123 Å². The van der Waals surface area contributed by atoms with Crippen LogP contribution in [0.1, 0.15) is 24.3 Å². The first-order valence-electron chi connectivity index (χ1n) is 6.66. The quantitative estimate of drug-likeness (QED) is 0.681. The number of para-hydroxylation sites is 2. The summed E-state index contributed by atoms with van der Waals surface area (Å²) in [6, 6.07) is 15.9. The van der Waals surface area contributed by atoms with Crippen molar-refractivity contribution in [2.45, 2.75) is 19.9 Å². The van der Waals surface area contributed by atoms with Crippen LogP contribution in [0.5, 0.6) is 0 Å². The minimum Gasteiger partial charge on any atom is -0.459 e. The molecule has 0 fully saturated rings. The molecule has 1 aromatic heterocycles. The summed E-state index contributed by atoms with van der Waals surface area (Å²) in [5, 5.41) is 5.28.